The van der Waals surface area contributed by atoms with Crippen LogP contribution in [0.1, 0.15) is 23.0 Å². The maximum Gasteiger partial charge on any atom is 0.292 e. The number of para-hydroxylation sites is 1. The summed E-state index contributed by atoms with van der Waals surface area (Å²) in [6.45, 7) is 6.15. The Morgan fingerprint density at radius 2 is 1.93 bits per heavy atom. The molecule has 7 heteroatoms. The van der Waals surface area contributed by atoms with Crippen LogP contribution in [0.2, 0.25) is 0 Å². The first-order chi connectivity index (χ1) is 13.7. The largest absolute Gasteiger partial charge is 0.489 e. The van der Waals surface area contributed by atoms with Gasteiger partial charge in [0.05, 0.1) is 11.6 Å². The molecule has 0 bridgehead atoms. The fourth-order valence-electron chi connectivity index (χ4n) is 2.70. The molecule has 0 radical (unpaired) electrons. The van der Waals surface area contributed by atoms with E-state index < -0.39 is 5.91 Å². The molecule has 1 N–H and O–H groups in total. The van der Waals surface area contributed by atoms with E-state index in [1.54, 1.807) is 43.3 Å². The van der Waals surface area contributed by atoms with Gasteiger partial charge in [0.2, 0.25) is 0 Å². The molecule has 0 unspecified atom stereocenters. The minimum atomic E-state index is -0.501. The molecule has 0 aliphatic carbocycles. The molecule has 0 saturated heterocycles. The van der Waals surface area contributed by atoms with Gasteiger partial charge in [-0.05, 0) is 25.1 Å². The van der Waals surface area contributed by atoms with Crippen molar-refractivity contribution in [1.29, 1.82) is 0 Å². The Labute approximate surface area is 162 Å². The second-order valence-electron chi connectivity index (χ2n) is 5.85. The van der Waals surface area contributed by atoms with E-state index in [-0.39, 0.29) is 11.3 Å². The van der Waals surface area contributed by atoms with Crippen LogP contribution in [0.3, 0.4) is 0 Å². The number of amides is 1. The minimum Gasteiger partial charge on any atom is -0.489 e. The van der Waals surface area contributed by atoms with E-state index >= 15 is 0 Å². The van der Waals surface area contributed by atoms with Gasteiger partial charge < -0.3 is 4.74 Å². The van der Waals surface area contributed by atoms with Crippen LogP contribution < -0.4 is 15.7 Å². The van der Waals surface area contributed by atoms with Gasteiger partial charge in [-0.2, -0.15) is 10.2 Å². The summed E-state index contributed by atoms with van der Waals surface area (Å²) in [4.78, 5) is 25.0. The number of aromatic nitrogens is 2. The van der Waals surface area contributed by atoms with Gasteiger partial charge in [-0.15, -0.1) is 0 Å². The highest BCUT2D eigenvalue weighted by molar-refractivity contribution is 6.05. The Morgan fingerprint density at radius 3 is 2.68 bits per heavy atom. The molecule has 1 heterocycles. The Morgan fingerprint density at radius 1 is 1.21 bits per heavy atom. The number of rotatable bonds is 7. The molecule has 1 aromatic heterocycles. The average molecular weight is 376 g/mol. The summed E-state index contributed by atoms with van der Waals surface area (Å²) in [5.74, 6) is 0.127. The van der Waals surface area contributed by atoms with Crippen LogP contribution in [-0.4, -0.2) is 28.5 Å². The molecule has 28 heavy (non-hydrogen) atoms. The normalized spacial score (nSPS) is 10.9. The topological polar surface area (TPSA) is 85.6 Å². The highest BCUT2D eigenvalue weighted by atomic mass is 16.5. The van der Waals surface area contributed by atoms with Crippen LogP contribution in [0.15, 0.2) is 71.1 Å². The van der Waals surface area contributed by atoms with Gasteiger partial charge in [0.25, 0.3) is 11.5 Å². The van der Waals surface area contributed by atoms with Gasteiger partial charge in [-0.3, -0.25) is 9.59 Å². The number of hydrogen-bond donors (Lipinski definition) is 1. The van der Waals surface area contributed by atoms with Crippen LogP contribution in [-0.2, 0) is 6.54 Å². The molecule has 3 aromatic rings. The maximum atomic E-state index is 12.6. The van der Waals surface area contributed by atoms with Gasteiger partial charge in [0.1, 0.15) is 12.4 Å². The van der Waals surface area contributed by atoms with Crippen molar-refractivity contribution in [3.63, 3.8) is 0 Å². The Kier molecular flexibility index (Phi) is 5.96. The van der Waals surface area contributed by atoms with E-state index in [0.29, 0.717) is 35.2 Å². The zero-order chi connectivity index (χ0) is 19.9. The second kappa shape index (κ2) is 8.77. The van der Waals surface area contributed by atoms with Gasteiger partial charge >= 0.3 is 0 Å². The fourth-order valence-corrected chi connectivity index (χ4v) is 2.70. The van der Waals surface area contributed by atoms with Gasteiger partial charge in [-0.25, -0.2) is 10.1 Å². The van der Waals surface area contributed by atoms with Crippen molar-refractivity contribution in [2.24, 2.45) is 5.10 Å². The van der Waals surface area contributed by atoms with Crippen molar-refractivity contribution < 1.29 is 9.53 Å². The summed E-state index contributed by atoms with van der Waals surface area (Å²) in [6.07, 6.45) is 3.14. The minimum absolute atomic E-state index is 0.144. The number of carbonyl (C=O) groups excluding carboxylic acids is 1. The molecule has 0 spiro atoms. The molecular weight excluding hydrogens is 356 g/mol. The maximum absolute atomic E-state index is 12.6. The zero-order valence-electron chi connectivity index (χ0n) is 15.5. The lowest BCUT2D eigenvalue weighted by Crippen LogP contribution is -2.28. The molecule has 3 rings (SSSR count). The summed E-state index contributed by atoms with van der Waals surface area (Å²) in [7, 11) is 0. The molecule has 142 valence electrons. The van der Waals surface area contributed by atoms with Crippen molar-refractivity contribution in [2.75, 3.05) is 6.61 Å². The third kappa shape index (κ3) is 3.98. The molecule has 0 fully saturated rings. The highest BCUT2D eigenvalue weighted by Gasteiger charge is 2.15. The molecule has 0 atom stereocenters. The van der Waals surface area contributed by atoms with E-state index in [0.717, 1.165) is 0 Å². The molecule has 7 nitrogen and oxygen atoms in total. The second-order valence-corrected chi connectivity index (χ2v) is 5.85. The van der Waals surface area contributed by atoms with Crippen molar-refractivity contribution >= 4 is 22.9 Å². The predicted molar refractivity (Wildman–Crippen MR) is 109 cm³/mol. The summed E-state index contributed by atoms with van der Waals surface area (Å²) < 4.78 is 6.82. The molecule has 2 aromatic carbocycles. The highest BCUT2D eigenvalue weighted by Crippen LogP contribution is 2.16. The first kappa shape index (κ1) is 19.0. The summed E-state index contributed by atoms with van der Waals surface area (Å²) in [5.41, 5.74) is 3.09. The smallest absolute Gasteiger partial charge is 0.292 e. The summed E-state index contributed by atoms with van der Waals surface area (Å²) in [6, 6.07) is 14.2. The molecule has 1 amide bonds. The number of aryl methyl sites for hydroxylation is 1. The number of nitrogens with one attached hydrogen (secondary N) is 1. The zero-order valence-corrected chi connectivity index (χ0v) is 15.5. The van der Waals surface area contributed by atoms with E-state index in [4.69, 9.17) is 4.74 Å². The average Bonchev–Trinajstić information content (AvgIpc) is 2.73. The Bertz CT molecular complexity index is 1100. The van der Waals surface area contributed by atoms with E-state index in [9.17, 15) is 9.59 Å². The van der Waals surface area contributed by atoms with E-state index in [1.807, 2.05) is 18.2 Å². The predicted octanol–water partition coefficient (Wildman–Crippen LogP) is 2.75. The number of hydrogen-bond acceptors (Lipinski definition) is 5. The van der Waals surface area contributed by atoms with Gasteiger partial charge in [0.15, 0.2) is 5.69 Å². The lowest BCUT2D eigenvalue weighted by Gasteiger charge is -2.08. The molecule has 0 saturated carbocycles. The number of fused-ring (bicyclic) bond motifs is 1. The van der Waals surface area contributed by atoms with Crippen molar-refractivity contribution in [1.82, 2.24) is 15.2 Å². The van der Waals surface area contributed by atoms with Gasteiger partial charge in [0, 0.05) is 17.5 Å². The van der Waals surface area contributed by atoms with Crippen LogP contribution >= 0.6 is 0 Å². The summed E-state index contributed by atoms with van der Waals surface area (Å²) >= 11 is 0. The number of benzene rings is 2. The number of nitrogens with zero attached hydrogens (tertiary/aromatic N) is 3. The van der Waals surface area contributed by atoms with Crippen molar-refractivity contribution in [2.45, 2.75) is 13.5 Å². The third-order valence-corrected chi connectivity index (χ3v) is 4.03. The van der Waals surface area contributed by atoms with Gasteiger partial charge in [-0.1, -0.05) is 43.0 Å². The SMILES string of the molecule is C=CCOc1ccccc1/C=N\NC(=O)c1nn(CC)c(=O)c2ccccc12. The lowest BCUT2D eigenvalue weighted by atomic mass is 10.1. The van der Waals surface area contributed by atoms with Crippen LogP contribution in [0, 0.1) is 0 Å². The monoisotopic (exact) mass is 376 g/mol. The van der Waals surface area contributed by atoms with Crippen molar-refractivity contribution in [3.05, 3.63) is 82.8 Å². The fraction of sp³-hybridized carbons (Fsp3) is 0.143. The van der Waals surface area contributed by atoms with Crippen LogP contribution in [0.5, 0.6) is 5.75 Å². The summed E-state index contributed by atoms with van der Waals surface area (Å²) in [5, 5.41) is 9.13. The van der Waals surface area contributed by atoms with E-state index in [2.05, 4.69) is 22.2 Å². The Balaban J connectivity index is 1.87. The van der Waals surface area contributed by atoms with Crippen molar-refractivity contribution in [3.8, 4) is 5.75 Å². The van der Waals surface area contributed by atoms with Crippen LogP contribution in [0.4, 0.5) is 0 Å². The Hall–Kier alpha value is -3.74. The van der Waals surface area contributed by atoms with E-state index in [1.165, 1.54) is 10.9 Å². The number of ether oxygens (including phenoxy) is 1. The van der Waals surface area contributed by atoms with Crippen LogP contribution in [0.25, 0.3) is 10.8 Å². The number of hydrazone groups is 1. The standard InChI is InChI=1S/C21H20N4O3/c1-3-13-28-18-12-8-5-9-15(18)14-22-23-20(26)19-16-10-6-7-11-17(16)21(27)25(4-2)24-19/h3,5-12,14H,1,4,13H2,2H3,(H,23,26)/b22-14-. The molecule has 0 aliphatic rings. The molecule has 0 aliphatic heterocycles. The number of carbonyl (C=O) groups is 1. The lowest BCUT2D eigenvalue weighted by molar-refractivity contribution is 0.0949. The first-order valence-corrected chi connectivity index (χ1v) is 8.81. The first-order valence-electron chi connectivity index (χ1n) is 8.81. The quantitative estimate of drug-likeness (QED) is 0.390. The third-order valence-electron chi connectivity index (χ3n) is 4.03. The molecular formula is C21H20N4O3.